The smallest absolute Gasteiger partial charge is 0.305 e. The van der Waals surface area contributed by atoms with Gasteiger partial charge in [-0.1, -0.05) is 25.1 Å². The van der Waals surface area contributed by atoms with Crippen LogP contribution in [0.1, 0.15) is 26.2 Å². The van der Waals surface area contributed by atoms with Crippen molar-refractivity contribution < 1.29 is 14.7 Å². The molecule has 1 aliphatic heterocycles. The molecule has 0 aromatic heterocycles. The van der Waals surface area contributed by atoms with Gasteiger partial charge >= 0.3 is 5.97 Å². The molecule has 5 heteroatoms. The van der Waals surface area contributed by atoms with Crippen LogP contribution in [-0.4, -0.2) is 36.6 Å². The van der Waals surface area contributed by atoms with Gasteiger partial charge in [0, 0.05) is 17.6 Å². The van der Waals surface area contributed by atoms with E-state index in [4.69, 9.17) is 5.11 Å². The largest absolute Gasteiger partial charge is 0.481 e. The third-order valence-corrected chi connectivity index (χ3v) is 4.09. The summed E-state index contributed by atoms with van der Waals surface area (Å²) >= 11 is 0. The molecule has 0 saturated carbocycles. The first-order chi connectivity index (χ1) is 10.0. The van der Waals surface area contributed by atoms with Crippen molar-refractivity contribution in [2.75, 3.05) is 24.5 Å². The maximum Gasteiger partial charge on any atom is 0.305 e. The minimum absolute atomic E-state index is 0.0245. The van der Waals surface area contributed by atoms with Gasteiger partial charge in [-0.3, -0.25) is 9.59 Å². The molecule has 114 valence electrons. The summed E-state index contributed by atoms with van der Waals surface area (Å²) in [6.45, 7) is 3.83. The van der Waals surface area contributed by atoms with Crippen molar-refractivity contribution >= 4 is 17.6 Å². The Balaban J connectivity index is 2.21. The minimum atomic E-state index is -0.890. The summed E-state index contributed by atoms with van der Waals surface area (Å²) in [5.74, 6) is -0.865. The quantitative estimate of drug-likeness (QED) is 0.869. The molecule has 2 rings (SSSR count). The second-order valence-electron chi connectivity index (χ2n) is 5.75. The number of benzene rings is 1. The molecule has 1 heterocycles. The molecule has 1 aromatic rings. The van der Waals surface area contributed by atoms with Crippen molar-refractivity contribution in [3.63, 3.8) is 0 Å². The minimum Gasteiger partial charge on any atom is -0.481 e. The van der Waals surface area contributed by atoms with E-state index < -0.39 is 11.4 Å². The molecule has 0 bridgehead atoms. The predicted molar refractivity (Wildman–Crippen MR) is 81.3 cm³/mol. The lowest BCUT2D eigenvalue weighted by molar-refractivity contribution is -0.136. The number of aliphatic carboxylic acids is 1. The number of nitrogens with one attached hydrogen (secondary N) is 1. The van der Waals surface area contributed by atoms with Crippen molar-refractivity contribution in [1.29, 1.82) is 0 Å². The lowest BCUT2D eigenvalue weighted by Crippen LogP contribution is -2.48. The second kappa shape index (κ2) is 6.72. The van der Waals surface area contributed by atoms with Gasteiger partial charge in [-0.2, -0.15) is 0 Å². The van der Waals surface area contributed by atoms with E-state index in [2.05, 4.69) is 5.32 Å². The van der Waals surface area contributed by atoms with Crippen molar-refractivity contribution in [1.82, 2.24) is 5.32 Å². The highest BCUT2D eigenvalue weighted by molar-refractivity contribution is 5.97. The molecule has 1 amide bonds. The first kappa shape index (κ1) is 15.5. The highest BCUT2D eigenvalue weighted by atomic mass is 16.4. The Bertz CT molecular complexity index is 496. The molecule has 1 aliphatic rings. The number of rotatable bonds is 5. The summed E-state index contributed by atoms with van der Waals surface area (Å²) in [5, 5.41) is 12.2. The molecule has 1 fully saturated rings. The van der Waals surface area contributed by atoms with Crippen LogP contribution in [-0.2, 0) is 9.59 Å². The zero-order valence-electron chi connectivity index (χ0n) is 12.3. The number of carboxylic acids is 1. The van der Waals surface area contributed by atoms with Crippen LogP contribution in [0.5, 0.6) is 0 Å². The summed E-state index contributed by atoms with van der Waals surface area (Å²) in [6, 6.07) is 9.31. The van der Waals surface area contributed by atoms with Gasteiger partial charge in [0.2, 0.25) is 5.91 Å². The van der Waals surface area contributed by atoms with Crippen molar-refractivity contribution in [2.24, 2.45) is 5.41 Å². The molecule has 1 saturated heterocycles. The van der Waals surface area contributed by atoms with E-state index in [9.17, 15) is 9.59 Å². The lowest BCUT2D eigenvalue weighted by atomic mass is 9.79. The topological polar surface area (TPSA) is 69.6 Å². The third-order valence-electron chi connectivity index (χ3n) is 4.09. The fourth-order valence-electron chi connectivity index (χ4n) is 2.68. The van der Waals surface area contributed by atoms with Crippen LogP contribution < -0.4 is 10.2 Å². The fourth-order valence-corrected chi connectivity index (χ4v) is 2.68. The number of carboxylic acid groups (broad SMARTS) is 1. The van der Waals surface area contributed by atoms with Crippen LogP contribution >= 0.6 is 0 Å². The maximum absolute atomic E-state index is 12.9. The summed E-state index contributed by atoms with van der Waals surface area (Å²) in [4.78, 5) is 25.4. The highest BCUT2D eigenvalue weighted by Crippen LogP contribution is 2.32. The van der Waals surface area contributed by atoms with Gasteiger partial charge in [-0.05, 0) is 38.1 Å². The van der Waals surface area contributed by atoms with Crippen LogP contribution in [0.25, 0.3) is 0 Å². The number of anilines is 1. The normalized spacial score (nSPS) is 17.2. The van der Waals surface area contributed by atoms with E-state index in [0.29, 0.717) is 0 Å². The van der Waals surface area contributed by atoms with Gasteiger partial charge in [-0.25, -0.2) is 0 Å². The molecule has 0 aliphatic carbocycles. The maximum atomic E-state index is 12.9. The van der Waals surface area contributed by atoms with Gasteiger partial charge < -0.3 is 15.3 Å². The van der Waals surface area contributed by atoms with Crippen molar-refractivity contribution in [3.05, 3.63) is 30.3 Å². The lowest BCUT2D eigenvalue weighted by Gasteiger charge is -2.37. The van der Waals surface area contributed by atoms with Crippen LogP contribution in [0.15, 0.2) is 30.3 Å². The Labute approximate surface area is 125 Å². The van der Waals surface area contributed by atoms with Crippen LogP contribution in [0.4, 0.5) is 5.69 Å². The SMILES string of the molecule is CC1(C(=O)N(CCC(=O)O)c2ccccc2)CCNCC1. The molecule has 21 heavy (non-hydrogen) atoms. The van der Waals surface area contributed by atoms with Gasteiger partial charge in [0.25, 0.3) is 0 Å². The number of amides is 1. The van der Waals surface area contributed by atoms with Gasteiger partial charge in [0.05, 0.1) is 6.42 Å². The fraction of sp³-hybridized carbons (Fsp3) is 0.500. The first-order valence-corrected chi connectivity index (χ1v) is 7.32. The predicted octanol–water partition coefficient (Wildman–Crippen LogP) is 1.88. The van der Waals surface area contributed by atoms with E-state index in [0.717, 1.165) is 31.6 Å². The standard InChI is InChI=1S/C16H22N2O3/c1-16(8-10-17-11-9-16)15(21)18(12-7-14(19)20)13-5-3-2-4-6-13/h2-6,17H,7-12H2,1H3,(H,19,20). The Morgan fingerprint density at radius 3 is 2.43 bits per heavy atom. The zero-order valence-corrected chi connectivity index (χ0v) is 12.3. The number of carbonyl (C=O) groups excluding carboxylic acids is 1. The van der Waals surface area contributed by atoms with Crippen LogP contribution in [0.3, 0.4) is 0 Å². The van der Waals surface area contributed by atoms with Gasteiger partial charge in [0.1, 0.15) is 0 Å². The summed E-state index contributed by atoms with van der Waals surface area (Å²) in [6.07, 6.45) is 1.51. The number of nitrogens with zero attached hydrogens (tertiary/aromatic N) is 1. The van der Waals surface area contributed by atoms with E-state index in [1.54, 1.807) is 4.90 Å². The Morgan fingerprint density at radius 2 is 1.86 bits per heavy atom. The molecule has 1 aromatic carbocycles. The molecule has 0 atom stereocenters. The van der Waals surface area contributed by atoms with E-state index in [-0.39, 0.29) is 18.9 Å². The van der Waals surface area contributed by atoms with Crippen molar-refractivity contribution in [2.45, 2.75) is 26.2 Å². The number of carbonyl (C=O) groups is 2. The van der Waals surface area contributed by atoms with E-state index in [1.807, 2.05) is 37.3 Å². The summed E-state index contributed by atoms with van der Waals surface area (Å²) < 4.78 is 0. The molecule has 0 radical (unpaired) electrons. The van der Waals surface area contributed by atoms with Gasteiger partial charge in [0.15, 0.2) is 0 Å². The van der Waals surface area contributed by atoms with Crippen molar-refractivity contribution in [3.8, 4) is 0 Å². The summed E-state index contributed by atoms with van der Waals surface area (Å²) in [7, 11) is 0. The monoisotopic (exact) mass is 290 g/mol. The number of hydrogen-bond donors (Lipinski definition) is 2. The van der Waals surface area contributed by atoms with E-state index >= 15 is 0 Å². The average Bonchev–Trinajstić information content (AvgIpc) is 2.49. The molecular weight excluding hydrogens is 268 g/mol. The van der Waals surface area contributed by atoms with Crippen LogP contribution in [0, 0.1) is 5.41 Å². The Morgan fingerprint density at radius 1 is 1.24 bits per heavy atom. The van der Waals surface area contributed by atoms with E-state index in [1.165, 1.54) is 0 Å². The number of piperidine rings is 1. The number of para-hydroxylation sites is 1. The molecule has 2 N–H and O–H groups in total. The van der Waals surface area contributed by atoms with Crippen LogP contribution in [0.2, 0.25) is 0 Å². The molecule has 5 nitrogen and oxygen atoms in total. The summed E-state index contributed by atoms with van der Waals surface area (Å²) in [5.41, 5.74) is 0.350. The first-order valence-electron chi connectivity index (χ1n) is 7.32. The third kappa shape index (κ3) is 3.82. The molecule has 0 unspecified atom stereocenters. The second-order valence-corrected chi connectivity index (χ2v) is 5.75. The Hall–Kier alpha value is -1.88. The number of hydrogen-bond acceptors (Lipinski definition) is 3. The Kier molecular flexibility index (Phi) is 4.96. The van der Waals surface area contributed by atoms with Gasteiger partial charge in [-0.15, -0.1) is 0 Å². The molecule has 0 spiro atoms. The highest BCUT2D eigenvalue weighted by Gasteiger charge is 2.38. The zero-order chi connectivity index (χ0) is 15.3. The molecular formula is C16H22N2O3. The average molecular weight is 290 g/mol.